The van der Waals surface area contributed by atoms with E-state index in [-0.39, 0.29) is 0 Å². The van der Waals surface area contributed by atoms with Crippen molar-refractivity contribution in [3.63, 3.8) is 0 Å². The van der Waals surface area contributed by atoms with Gasteiger partial charge in [-0.1, -0.05) is 200 Å². The molecule has 0 amide bonds. The van der Waals surface area contributed by atoms with Gasteiger partial charge in [0.25, 0.3) is 0 Å². The van der Waals surface area contributed by atoms with Crippen molar-refractivity contribution in [2.45, 2.75) is 0 Å². The van der Waals surface area contributed by atoms with Crippen LogP contribution in [-0.4, -0.2) is 17.2 Å². The van der Waals surface area contributed by atoms with E-state index in [0.29, 0.717) is 0 Å². The molecule has 0 bridgehead atoms. The van der Waals surface area contributed by atoms with E-state index in [1.165, 1.54) is 70.0 Å². The molecule has 3 nitrogen and oxygen atoms in total. The van der Waals surface area contributed by atoms with Crippen LogP contribution in [-0.2, 0) is 0 Å². The van der Waals surface area contributed by atoms with E-state index in [9.17, 15) is 0 Å². The summed E-state index contributed by atoms with van der Waals surface area (Å²) in [7, 11) is -3.14. The van der Waals surface area contributed by atoms with Crippen LogP contribution >= 0.6 is 0 Å². The van der Waals surface area contributed by atoms with Gasteiger partial charge in [-0.05, 0) is 110 Å². The Morgan fingerprint density at radius 1 is 0.286 bits per heavy atom. The zero-order chi connectivity index (χ0) is 46.2. The Bertz CT molecular complexity index is 4240. The molecular formula is C66H44N2OSi. The first-order valence-corrected chi connectivity index (χ1v) is 26.1. The van der Waals surface area contributed by atoms with Crippen molar-refractivity contribution in [3.8, 4) is 33.6 Å². The molecule has 3 aromatic heterocycles. The Morgan fingerprint density at radius 3 is 1.59 bits per heavy atom. The van der Waals surface area contributed by atoms with Crippen LogP contribution in [0.3, 0.4) is 0 Å². The Labute approximate surface area is 406 Å². The molecule has 70 heavy (non-hydrogen) atoms. The molecule has 0 aliphatic carbocycles. The molecule has 14 aromatic rings. The van der Waals surface area contributed by atoms with Crippen LogP contribution in [0.15, 0.2) is 271 Å². The Hall–Kier alpha value is -8.96. The van der Waals surface area contributed by atoms with Crippen molar-refractivity contribution in [1.29, 1.82) is 0 Å². The minimum absolute atomic E-state index is 0.866. The Kier molecular flexibility index (Phi) is 9.23. The molecule has 0 spiro atoms. The van der Waals surface area contributed by atoms with Gasteiger partial charge in [0.05, 0.1) is 33.1 Å². The molecule has 14 rings (SSSR count). The van der Waals surface area contributed by atoms with E-state index in [4.69, 9.17) is 4.42 Å². The second-order valence-corrected chi connectivity index (χ2v) is 22.1. The average Bonchev–Trinajstić information content (AvgIpc) is 4.10. The number of rotatable bonds is 8. The van der Waals surface area contributed by atoms with Gasteiger partial charge in [-0.3, -0.25) is 0 Å². The molecule has 0 aliphatic rings. The van der Waals surface area contributed by atoms with Crippen LogP contribution in [0.4, 0.5) is 0 Å². The minimum atomic E-state index is -3.14. The topological polar surface area (TPSA) is 23.0 Å². The fraction of sp³-hybridized carbons (Fsp3) is 0. The molecule has 0 unspecified atom stereocenters. The first-order chi connectivity index (χ1) is 34.7. The lowest BCUT2D eigenvalue weighted by molar-refractivity contribution is 0.669. The van der Waals surface area contributed by atoms with E-state index >= 15 is 0 Å². The molecule has 0 atom stereocenters. The SMILES string of the molecule is c1ccc(-c2cccc(-c3ccc4oc5cccc(-n6c7ccccc7c7c([Si](c8ccccc8)(c8ccccc8)c8ccc9c(c8)c8ccccc8n9-c8ccccc8)cccc76)c5c4c3)c2)cc1. The van der Waals surface area contributed by atoms with Crippen LogP contribution in [0.2, 0.25) is 0 Å². The summed E-state index contributed by atoms with van der Waals surface area (Å²) < 4.78 is 11.7. The summed E-state index contributed by atoms with van der Waals surface area (Å²) in [5, 5.41) is 12.5. The third-order valence-corrected chi connectivity index (χ3v) is 19.5. The van der Waals surface area contributed by atoms with Crippen molar-refractivity contribution < 1.29 is 4.42 Å². The van der Waals surface area contributed by atoms with E-state index < -0.39 is 8.07 Å². The molecule has 3 heterocycles. The standard InChI is InChI=1S/C66H44N2OSi/c1-5-20-45(21-6-1)46-22-17-23-47(42-46)48-38-41-62-56(43-48)65-60(34-18-36-63(65)69-62)68-58-33-16-14-31-54(58)66-61(68)35-19-37-64(66)70(50-26-9-3-10-27-50,51-28-11-4-12-29-51)52-39-40-59-55(44-52)53-30-13-15-32-57(53)67(59)49-24-7-2-8-25-49/h1-44H. The van der Waals surface area contributed by atoms with Gasteiger partial charge in [0, 0.05) is 32.6 Å². The van der Waals surface area contributed by atoms with Crippen molar-refractivity contribution in [2.75, 3.05) is 0 Å². The molecule has 4 heteroatoms. The predicted octanol–water partition coefficient (Wildman–Crippen LogP) is 14.5. The highest BCUT2D eigenvalue weighted by atomic mass is 28.3. The van der Waals surface area contributed by atoms with Crippen LogP contribution in [0.1, 0.15) is 0 Å². The van der Waals surface area contributed by atoms with Crippen LogP contribution < -0.4 is 20.7 Å². The minimum Gasteiger partial charge on any atom is -0.456 e. The van der Waals surface area contributed by atoms with Crippen molar-refractivity contribution in [1.82, 2.24) is 9.13 Å². The monoisotopic (exact) mass is 908 g/mol. The first kappa shape index (κ1) is 40.1. The number of benzene rings is 11. The van der Waals surface area contributed by atoms with Gasteiger partial charge in [0.15, 0.2) is 8.07 Å². The van der Waals surface area contributed by atoms with Gasteiger partial charge in [-0.25, -0.2) is 0 Å². The summed E-state index contributed by atoms with van der Waals surface area (Å²) in [5.41, 5.74) is 13.4. The summed E-state index contributed by atoms with van der Waals surface area (Å²) >= 11 is 0. The van der Waals surface area contributed by atoms with Crippen molar-refractivity contribution in [3.05, 3.63) is 267 Å². The number of hydrogen-bond donors (Lipinski definition) is 0. The van der Waals surface area contributed by atoms with Crippen LogP contribution in [0.5, 0.6) is 0 Å². The van der Waals surface area contributed by atoms with Gasteiger partial charge in [0.2, 0.25) is 0 Å². The van der Waals surface area contributed by atoms with E-state index in [1.807, 2.05) is 0 Å². The number of hydrogen-bond acceptors (Lipinski definition) is 1. The van der Waals surface area contributed by atoms with Gasteiger partial charge in [-0.2, -0.15) is 0 Å². The quantitative estimate of drug-likeness (QED) is 0.110. The number of fused-ring (bicyclic) bond motifs is 9. The van der Waals surface area contributed by atoms with Crippen molar-refractivity contribution >= 4 is 94.4 Å². The fourth-order valence-electron chi connectivity index (χ4n) is 11.7. The van der Waals surface area contributed by atoms with Crippen LogP contribution in [0.25, 0.3) is 99.2 Å². The summed E-state index contributed by atoms with van der Waals surface area (Å²) in [4.78, 5) is 0. The number of nitrogens with zero attached hydrogens (tertiary/aromatic N) is 2. The molecule has 0 aliphatic heterocycles. The van der Waals surface area contributed by atoms with Crippen LogP contribution in [0, 0.1) is 0 Å². The second kappa shape index (κ2) is 16.1. The van der Waals surface area contributed by atoms with Gasteiger partial charge in [-0.15, -0.1) is 0 Å². The zero-order valence-electron chi connectivity index (χ0n) is 38.2. The molecule has 328 valence electrons. The molecular weight excluding hydrogens is 865 g/mol. The highest BCUT2D eigenvalue weighted by Gasteiger charge is 2.43. The van der Waals surface area contributed by atoms with E-state index in [2.05, 4.69) is 276 Å². The first-order valence-electron chi connectivity index (χ1n) is 24.1. The highest BCUT2D eigenvalue weighted by Crippen LogP contribution is 2.41. The lowest BCUT2D eigenvalue weighted by atomic mass is 9.98. The van der Waals surface area contributed by atoms with E-state index in [0.717, 1.165) is 49.9 Å². The number of furan rings is 1. The summed E-state index contributed by atoms with van der Waals surface area (Å²) in [6.07, 6.45) is 0. The molecule has 0 saturated carbocycles. The molecule has 11 aromatic carbocycles. The van der Waals surface area contributed by atoms with Gasteiger partial charge < -0.3 is 13.6 Å². The second-order valence-electron chi connectivity index (χ2n) is 18.4. The summed E-state index contributed by atoms with van der Waals surface area (Å²) in [6.45, 7) is 0. The maximum absolute atomic E-state index is 6.74. The third-order valence-electron chi connectivity index (χ3n) is 14.7. The van der Waals surface area contributed by atoms with Gasteiger partial charge in [0.1, 0.15) is 11.2 Å². The molecule has 0 fully saturated rings. The predicted molar refractivity (Wildman–Crippen MR) is 297 cm³/mol. The van der Waals surface area contributed by atoms with E-state index in [1.54, 1.807) is 0 Å². The Balaban J connectivity index is 1.05. The smallest absolute Gasteiger partial charge is 0.180 e. The largest absolute Gasteiger partial charge is 0.456 e. The average molecular weight is 909 g/mol. The fourth-order valence-corrected chi connectivity index (χ4v) is 16.7. The normalized spacial score (nSPS) is 12.0. The molecule has 0 radical (unpaired) electrons. The summed E-state index contributed by atoms with van der Waals surface area (Å²) in [5.74, 6) is 0. The molecule has 0 N–H and O–H groups in total. The lowest BCUT2D eigenvalue weighted by Crippen LogP contribution is -2.74. The third kappa shape index (κ3) is 6.07. The molecule has 0 saturated heterocycles. The number of aromatic nitrogens is 2. The van der Waals surface area contributed by atoms with Crippen molar-refractivity contribution in [2.24, 2.45) is 0 Å². The van der Waals surface area contributed by atoms with Gasteiger partial charge >= 0.3 is 0 Å². The number of para-hydroxylation sites is 3. The lowest BCUT2D eigenvalue weighted by Gasteiger charge is -2.35. The zero-order valence-corrected chi connectivity index (χ0v) is 39.2. The summed E-state index contributed by atoms with van der Waals surface area (Å²) in [6, 6.07) is 98.4. The maximum atomic E-state index is 6.74. The Morgan fingerprint density at radius 2 is 0.843 bits per heavy atom. The maximum Gasteiger partial charge on any atom is 0.180 e. The highest BCUT2D eigenvalue weighted by molar-refractivity contribution is 7.21.